The van der Waals surface area contributed by atoms with Gasteiger partial charge < -0.3 is 20.7 Å². The van der Waals surface area contributed by atoms with E-state index in [1.165, 1.54) is 0 Å². The Morgan fingerprint density at radius 2 is 1.88 bits per heavy atom. The van der Waals surface area contributed by atoms with E-state index in [4.69, 9.17) is 16.3 Å². The standard InChI is InChI=1S/C18H24ClN3O3/c19-13-4-6-14(7-5-13)25-18(8-11-20-12-9-18)17(24)22-15-3-1-2-10-21-16(15)23/h4-7,15,20H,1-3,8-12H2,(H,21,23)(H,22,24)/t15-/m1/s1. The molecule has 7 heteroatoms. The molecule has 0 unspecified atom stereocenters. The third-order valence-electron chi connectivity index (χ3n) is 4.79. The minimum Gasteiger partial charge on any atom is -0.477 e. The number of halogens is 1. The highest BCUT2D eigenvalue weighted by Crippen LogP contribution is 2.28. The Hall–Kier alpha value is -1.79. The molecule has 0 radical (unpaired) electrons. The lowest BCUT2D eigenvalue weighted by atomic mass is 9.90. The Labute approximate surface area is 152 Å². The van der Waals surface area contributed by atoms with Gasteiger partial charge in [-0.15, -0.1) is 0 Å². The van der Waals surface area contributed by atoms with E-state index in [9.17, 15) is 9.59 Å². The van der Waals surface area contributed by atoms with Crippen LogP contribution in [0.25, 0.3) is 0 Å². The van der Waals surface area contributed by atoms with Crippen LogP contribution in [0.15, 0.2) is 24.3 Å². The summed E-state index contributed by atoms with van der Waals surface area (Å²) in [5, 5.41) is 9.64. The molecular weight excluding hydrogens is 342 g/mol. The summed E-state index contributed by atoms with van der Waals surface area (Å²) in [7, 11) is 0. The molecule has 2 saturated heterocycles. The molecule has 2 amide bonds. The van der Waals surface area contributed by atoms with Crippen molar-refractivity contribution in [1.29, 1.82) is 0 Å². The number of rotatable bonds is 4. The Kier molecular flexibility index (Phi) is 5.81. The third-order valence-corrected chi connectivity index (χ3v) is 5.04. The molecule has 3 rings (SSSR count). The molecule has 0 spiro atoms. The predicted molar refractivity (Wildman–Crippen MR) is 95.7 cm³/mol. The van der Waals surface area contributed by atoms with Crippen LogP contribution in [0.1, 0.15) is 32.1 Å². The zero-order valence-electron chi connectivity index (χ0n) is 14.1. The maximum Gasteiger partial charge on any atom is 0.264 e. The minimum atomic E-state index is -0.967. The van der Waals surface area contributed by atoms with Gasteiger partial charge >= 0.3 is 0 Å². The molecule has 0 aromatic heterocycles. The number of carbonyl (C=O) groups is 2. The number of nitrogens with one attached hydrogen (secondary N) is 3. The molecule has 1 atom stereocenters. The predicted octanol–water partition coefficient (Wildman–Crippen LogP) is 1.63. The summed E-state index contributed by atoms with van der Waals surface area (Å²) in [6, 6.07) is 6.51. The molecular formula is C18H24ClN3O3. The van der Waals surface area contributed by atoms with Crippen molar-refractivity contribution in [1.82, 2.24) is 16.0 Å². The summed E-state index contributed by atoms with van der Waals surface area (Å²) >= 11 is 5.92. The van der Waals surface area contributed by atoms with E-state index >= 15 is 0 Å². The summed E-state index contributed by atoms with van der Waals surface area (Å²) in [4.78, 5) is 25.2. The van der Waals surface area contributed by atoms with Gasteiger partial charge in [0.25, 0.3) is 5.91 Å². The molecule has 2 aliphatic heterocycles. The molecule has 2 heterocycles. The van der Waals surface area contributed by atoms with Crippen LogP contribution in [-0.2, 0) is 9.59 Å². The van der Waals surface area contributed by atoms with Gasteiger partial charge in [-0.25, -0.2) is 0 Å². The average Bonchev–Trinajstić information content (AvgIpc) is 2.82. The summed E-state index contributed by atoms with van der Waals surface area (Å²) < 4.78 is 6.13. The average molecular weight is 366 g/mol. The smallest absolute Gasteiger partial charge is 0.264 e. The number of benzene rings is 1. The topological polar surface area (TPSA) is 79.5 Å². The van der Waals surface area contributed by atoms with Crippen LogP contribution in [-0.4, -0.2) is 43.1 Å². The van der Waals surface area contributed by atoms with Crippen molar-refractivity contribution in [2.75, 3.05) is 19.6 Å². The lowest BCUT2D eigenvalue weighted by Crippen LogP contribution is -2.60. The number of hydrogen-bond acceptors (Lipinski definition) is 4. The summed E-state index contributed by atoms with van der Waals surface area (Å²) in [6.07, 6.45) is 3.61. The van der Waals surface area contributed by atoms with Gasteiger partial charge in [0.15, 0.2) is 5.60 Å². The van der Waals surface area contributed by atoms with Gasteiger partial charge in [-0.3, -0.25) is 9.59 Å². The SMILES string of the molecule is O=C1NCCCC[C@H]1NC(=O)C1(Oc2ccc(Cl)cc2)CCNCC1. The molecule has 2 aliphatic rings. The fraction of sp³-hybridized carbons (Fsp3) is 0.556. The van der Waals surface area contributed by atoms with E-state index < -0.39 is 11.6 Å². The number of amides is 2. The van der Waals surface area contributed by atoms with Gasteiger partial charge in [-0.1, -0.05) is 11.6 Å². The molecule has 0 aliphatic carbocycles. The first kappa shape index (κ1) is 18.0. The Morgan fingerprint density at radius 3 is 2.60 bits per heavy atom. The number of carbonyl (C=O) groups excluding carboxylic acids is 2. The van der Waals surface area contributed by atoms with E-state index in [0.717, 1.165) is 12.8 Å². The lowest BCUT2D eigenvalue weighted by Gasteiger charge is -2.37. The Bertz CT molecular complexity index is 614. The molecule has 25 heavy (non-hydrogen) atoms. The highest BCUT2D eigenvalue weighted by Gasteiger charge is 2.43. The van der Waals surface area contributed by atoms with Crippen molar-refractivity contribution in [3.63, 3.8) is 0 Å². The maximum absolute atomic E-state index is 13.0. The molecule has 0 bridgehead atoms. The van der Waals surface area contributed by atoms with Crippen LogP contribution in [0.2, 0.25) is 5.02 Å². The van der Waals surface area contributed by atoms with Gasteiger partial charge in [-0.05, 0) is 56.6 Å². The van der Waals surface area contributed by atoms with Crippen molar-refractivity contribution in [2.24, 2.45) is 0 Å². The number of piperidine rings is 1. The highest BCUT2D eigenvalue weighted by atomic mass is 35.5. The molecule has 1 aromatic rings. The fourth-order valence-electron chi connectivity index (χ4n) is 3.30. The second-order valence-corrected chi connectivity index (χ2v) is 7.05. The van der Waals surface area contributed by atoms with Gasteiger partial charge in [-0.2, -0.15) is 0 Å². The van der Waals surface area contributed by atoms with Crippen LogP contribution < -0.4 is 20.7 Å². The van der Waals surface area contributed by atoms with Crippen LogP contribution in [0, 0.1) is 0 Å². The van der Waals surface area contributed by atoms with Gasteiger partial charge in [0.1, 0.15) is 11.8 Å². The Morgan fingerprint density at radius 1 is 1.16 bits per heavy atom. The fourth-order valence-corrected chi connectivity index (χ4v) is 3.43. The zero-order valence-corrected chi connectivity index (χ0v) is 14.9. The van der Waals surface area contributed by atoms with Crippen LogP contribution >= 0.6 is 11.6 Å². The second-order valence-electron chi connectivity index (χ2n) is 6.61. The molecule has 0 saturated carbocycles. The summed E-state index contributed by atoms with van der Waals surface area (Å²) in [6.45, 7) is 2.05. The molecule has 2 fully saturated rings. The zero-order chi connectivity index (χ0) is 17.7. The van der Waals surface area contributed by atoms with Gasteiger partial charge in [0, 0.05) is 24.4 Å². The first-order valence-corrected chi connectivity index (χ1v) is 9.21. The van der Waals surface area contributed by atoms with Crippen molar-refractivity contribution in [3.05, 3.63) is 29.3 Å². The van der Waals surface area contributed by atoms with Crippen LogP contribution in [0.4, 0.5) is 0 Å². The van der Waals surface area contributed by atoms with E-state index in [2.05, 4.69) is 16.0 Å². The first-order valence-electron chi connectivity index (χ1n) is 8.83. The molecule has 3 N–H and O–H groups in total. The molecule has 136 valence electrons. The highest BCUT2D eigenvalue weighted by molar-refractivity contribution is 6.30. The second kappa shape index (κ2) is 8.06. The van der Waals surface area contributed by atoms with Crippen molar-refractivity contribution < 1.29 is 14.3 Å². The first-order chi connectivity index (χ1) is 12.1. The maximum atomic E-state index is 13.0. The van der Waals surface area contributed by atoms with Crippen LogP contribution in [0.3, 0.4) is 0 Å². The van der Waals surface area contributed by atoms with Crippen molar-refractivity contribution in [2.45, 2.75) is 43.7 Å². The van der Waals surface area contributed by atoms with Crippen LogP contribution in [0.5, 0.6) is 5.75 Å². The minimum absolute atomic E-state index is 0.110. The number of ether oxygens (including phenoxy) is 1. The Balaban J connectivity index is 1.75. The molecule has 6 nitrogen and oxygen atoms in total. The lowest BCUT2D eigenvalue weighted by molar-refractivity contribution is -0.142. The summed E-state index contributed by atoms with van der Waals surface area (Å²) in [5.41, 5.74) is -0.967. The monoisotopic (exact) mass is 365 g/mol. The van der Waals surface area contributed by atoms with Crippen molar-refractivity contribution >= 4 is 23.4 Å². The largest absolute Gasteiger partial charge is 0.477 e. The van der Waals surface area contributed by atoms with E-state index in [-0.39, 0.29) is 11.8 Å². The molecule has 1 aromatic carbocycles. The van der Waals surface area contributed by atoms with Gasteiger partial charge in [0.05, 0.1) is 0 Å². The third kappa shape index (κ3) is 4.44. The van der Waals surface area contributed by atoms with Crippen molar-refractivity contribution in [3.8, 4) is 5.75 Å². The quantitative estimate of drug-likeness (QED) is 0.757. The number of hydrogen-bond donors (Lipinski definition) is 3. The summed E-state index contributed by atoms with van der Waals surface area (Å²) in [5.74, 6) is 0.277. The van der Waals surface area contributed by atoms with E-state index in [0.29, 0.717) is 49.7 Å². The van der Waals surface area contributed by atoms with E-state index in [1.807, 2.05) is 0 Å². The normalized spacial score (nSPS) is 23.2. The van der Waals surface area contributed by atoms with Gasteiger partial charge in [0.2, 0.25) is 5.91 Å². The van der Waals surface area contributed by atoms with E-state index in [1.54, 1.807) is 24.3 Å².